The first-order valence-electron chi connectivity index (χ1n) is 9.89. The number of benzene rings is 2. The van der Waals surface area contributed by atoms with Gasteiger partial charge >= 0.3 is 0 Å². The van der Waals surface area contributed by atoms with Crippen molar-refractivity contribution in [1.82, 2.24) is 5.32 Å². The number of rotatable bonds is 7. The van der Waals surface area contributed by atoms with Crippen LogP contribution in [0.15, 0.2) is 42.5 Å². The van der Waals surface area contributed by atoms with Gasteiger partial charge < -0.3 is 26.0 Å². The number of aliphatic hydroxyl groups is 1. The molecule has 4 N–H and O–H groups in total. The second-order valence-electron chi connectivity index (χ2n) is 7.19. The van der Waals surface area contributed by atoms with E-state index < -0.39 is 5.91 Å². The van der Waals surface area contributed by atoms with E-state index in [4.69, 9.17) is 10.8 Å². The number of nitrogens with two attached hydrogens (primary N) is 1. The molecule has 3 rings (SSSR count). The number of nitrogens with one attached hydrogen (secondary N) is 1. The highest BCUT2D eigenvalue weighted by Gasteiger charge is 2.22. The number of carbonyl (C=O) groups is 2. The molecule has 2 amide bonds. The van der Waals surface area contributed by atoms with Gasteiger partial charge in [-0.2, -0.15) is 0 Å². The van der Waals surface area contributed by atoms with Gasteiger partial charge in [-0.15, -0.1) is 0 Å². The van der Waals surface area contributed by atoms with Crippen molar-refractivity contribution in [3.63, 3.8) is 0 Å². The molecule has 0 aliphatic carbocycles. The number of anilines is 2. The third kappa shape index (κ3) is 4.86. The predicted molar refractivity (Wildman–Crippen MR) is 115 cm³/mol. The molecule has 0 spiro atoms. The van der Waals surface area contributed by atoms with Crippen LogP contribution in [0.3, 0.4) is 0 Å². The number of primary amides is 1. The fraction of sp³-hybridized carbons (Fsp3) is 0.364. The summed E-state index contributed by atoms with van der Waals surface area (Å²) >= 11 is 0. The molecule has 1 aliphatic heterocycles. The third-order valence-electron chi connectivity index (χ3n) is 5.22. The zero-order valence-corrected chi connectivity index (χ0v) is 16.7. The normalized spacial score (nSPS) is 14.0. The van der Waals surface area contributed by atoms with Crippen LogP contribution in [0.25, 0.3) is 0 Å². The number of amides is 2. The molecule has 2 aromatic rings. The van der Waals surface area contributed by atoms with Crippen molar-refractivity contribution in [3.05, 3.63) is 59.2 Å². The maximum absolute atomic E-state index is 12.2. The molecule has 154 valence electrons. The molecule has 29 heavy (non-hydrogen) atoms. The smallest absolute Gasteiger partial charge is 0.251 e. The van der Waals surface area contributed by atoms with Crippen LogP contribution in [-0.4, -0.2) is 56.3 Å². The molecular weight excluding hydrogens is 368 g/mol. The van der Waals surface area contributed by atoms with Crippen molar-refractivity contribution in [2.24, 2.45) is 5.73 Å². The van der Waals surface area contributed by atoms with Crippen molar-refractivity contribution >= 4 is 23.2 Å². The summed E-state index contributed by atoms with van der Waals surface area (Å²) in [6.07, 6.45) is 0.484. The van der Waals surface area contributed by atoms with E-state index in [1.807, 2.05) is 12.1 Å². The Labute approximate surface area is 171 Å². The van der Waals surface area contributed by atoms with Crippen molar-refractivity contribution < 1.29 is 14.7 Å². The van der Waals surface area contributed by atoms with Crippen LogP contribution in [0.2, 0.25) is 0 Å². The maximum atomic E-state index is 12.2. The molecular formula is C22H28N4O3. The van der Waals surface area contributed by atoms with E-state index in [-0.39, 0.29) is 12.5 Å². The minimum atomic E-state index is -0.550. The van der Waals surface area contributed by atoms with E-state index >= 15 is 0 Å². The second kappa shape index (κ2) is 9.43. The maximum Gasteiger partial charge on any atom is 0.251 e. The first-order chi connectivity index (χ1) is 14.0. The van der Waals surface area contributed by atoms with Crippen LogP contribution in [0.1, 0.15) is 32.7 Å². The lowest BCUT2D eigenvalue weighted by Gasteiger charge is -2.38. The number of hydrogen-bond acceptors (Lipinski definition) is 5. The molecule has 0 radical (unpaired) electrons. The van der Waals surface area contributed by atoms with Gasteiger partial charge in [-0.25, -0.2) is 0 Å². The molecule has 0 saturated carbocycles. The lowest BCUT2D eigenvalue weighted by atomic mass is 10.1. The quantitative estimate of drug-likeness (QED) is 0.617. The zero-order valence-electron chi connectivity index (χ0n) is 16.7. The van der Waals surface area contributed by atoms with Crippen LogP contribution in [-0.2, 0) is 0 Å². The summed E-state index contributed by atoms with van der Waals surface area (Å²) in [6, 6.07) is 13.4. The highest BCUT2D eigenvalue weighted by Crippen LogP contribution is 2.26. The van der Waals surface area contributed by atoms with Crippen LogP contribution < -0.4 is 20.9 Å². The SMILES string of the molecule is Cc1ccccc1N1CCN(c2ccc(C(=O)NCCCO)cc2C(N)=O)CC1. The summed E-state index contributed by atoms with van der Waals surface area (Å²) in [6.45, 7) is 5.70. The summed E-state index contributed by atoms with van der Waals surface area (Å²) in [5.74, 6) is -0.830. The Bertz CT molecular complexity index is 876. The van der Waals surface area contributed by atoms with Gasteiger partial charge in [-0.3, -0.25) is 9.59 Å². The molecule has 0 unspecified atom stereocenters. The summed E-state index contributed by atoms with van der Waals surface area (Å²) < 4.78 is 0. The zero-order chi connectivity index (χ0) is 20.8. The van der Waals surface area contributed by atoms with Crippen molar-refractivity contribution in [3.8, 4) is 0 Å². The monoisotopic (exact) mass is 396 g/mol. The standard InChI is InChI=1S/C22H28N4O3/c1-16-5-2-3-6-19(16)25-10-12-26(13-11-25)20-8-7-17(15-18(20)21(23)28)22(29)24-9-4-14-27/h2-3,5-8,15,27H,4,9-14H2,1H3,(H2,23,28)(H,24,29). The number of aryl methyl sites for hydroxylation is 1. The lowest BCUT2D eigenvalue weighted by molar-refractivity contribution is 0.0951. The minimum Gasteiger partial charge on any atom is -0.396 e. The van der Waals surface area contributed by atoms with Crippen molar-refractivity contribution in [2.75, 3.05) is 49.1 Å². The predicted octanol–water partition coefficient (Wildman–Crippen LogP) is 1.53. The molecule has 1 aliphatic rings. The average Bonchev–Trinajstić information content (AvgIpc) is 2.74. The Morgan fingerprint density at radius 2 is 1.69 bits per heavy atom. The van der Waals surface area contributed by atoms with Gasteiger partial charge in [-0.1, -0.05) is 18.2 Å². The van der Waals surface area contributed by atoms with E-state index in [2.05, 4.69) is 34.2 Å². The Kier molecular flexibility index (Phi) is 6.72. The van der Waals surface area contributed by atoms with Gasteiger partial charge in [-0.05, 0) is 43.2 Å². The molecule has 7 nitrogen and oxygen atoms in total. The highest BCUT2D eigenvalue weighted by molar-refractivity contribution is 6.03. The van der Waals surface area contributed by atoms with Gasteiger partial charge in [0.15, 0.2) is 0 Å². The Balaban J connectivity index is 1.73. The number of para-hydroxylation sites is 1. The number of piperazine rings is 1. The van der Waals surface area contributed by atoms with Gasteiger partial charge in [0.1, 0.15) is 0 Å². The first kappa shape index (κ1) is 20.7. The van der Waals surface area contributed by atoms with Crippen LogP contribution >= 0.6 is 0 Å². The molecule has 0 bridgehead atoms. The number of nitrogens with zero attached hydrogens (tertiary/aromatic N) is 2. The Morgan fingerprint density at radius 1 is 1.03 bits per heavy atom. The molecule has 1 saturated heterocycles. The van der Waals surface area contributed by atoms with Crippen LogP contribution in [0.5, 0.6) is 0 Å². The third-order valence-corrected chi connectivity index (χ3v) is 5.22. The Hall–Kier alpha value is -3.06. The fourth-order valence-electron chi connectivity index (χ4n) is 3.64. The molecule has 2 aromatic carbocycles. The summed E-state index contributed by atoms with van der Waals surface area (Å²) in [5, 5.41) is 11.6. The van der Waals surface area contributed by atoms with Crippen molar-refractivity contribution in [2.45, 2.75) is 13.3 Å². The second-order valence-corrected chi connectivity index (χ2v) is 7.19. The molecule has 1 heterocycles. The van der Waals surface area contributed by atoms with E-state index in [1.165, 1.54) is 11.3 Å². The first-order valence-corrected chi connectivity index (χ1v) is 9.89. The van der Waals surface area contributed by atoms with Gasteiger partial charge in [0.2, 0.25) is 0 Å². The highest BCUT2D eigenvalue weighted by atomic mass is 16.3. The van der Waals surface area contributed by atoms with Crippen LogP contribution in [0.4, 0.5) is 11.4 Å². The number of carbonyl (C=O) groups excluding carboxylic acids is 2. The molecule has 0 aromatic heterocycles. The number of hydrogen-bond donors (Lipinski definition) is 3. The van der Waals surface area contributed by atoms with E-state index in [0.717, 1.165) is 31.9 Å². The largest absolute Gasteiger partial charge is 0.396 e. The van der Waals surface area contributed by atoms with E-state index in [9.17, 15) is 9.59 Å². The average molecular weight is 396 g/mol. The topological polar surface area (TPSA) is 98.9 Å². The van der Waals surface area contributed by atoms with E-state index in [1.54, 1.807) is 18.2 Å². The number of aliphatic hydroxyl groups excluding tert-OH is 1. The molecule has 1 fully saturated rings. The minimum absolute atomic E-state index is 0.0141. The van der Waals surface area contributed by atoms with E-state index in [0.29, 0.717) is 24.1 Å². The lowest BCUT2D eigenvalue weighted by Crippen LogP contribution is -2.47. The Morgan fingerprint density at radius 3 is 2.31 bits per heavy atom. The van der Waals surface area contributed by atoms with Crippen molar-refractivity contribution in [1.29, 1.82) is 0 Å². The summed E-state index contributed by atoms with van der Waals surface area (Å²) in [5.41, 5.74) is 9.59. The molecule has 0 atom stereocenters. The van der Waals surface area contributed by atoms with Crippen LogP contribution in [0, 0.1) is 6.92 Å². The summed E-state index contributed by atoms with van der Waals surface area (Å²) in [4.78, 5) is 28.8. The van der Waals surface area contributed by atoms with Gasteiger partial charge in [0, 0.05) is 56.3 Å². The fourth-order valence-corrected chi connectivity index (χ4v) is 3.64. The van der Waals surface area contributed by atoms with Gasteiger partial charge in [0.05, 0.1) is 5.56 Å². The van der Waals surface area contributed by atoms with Gasteiger partial charge in [0.25, 0.3) is 11.8 Å². The summed E-state index contributed by atoms with van der Waals surface area (Å²) in [7, 11) is 0. The molecule has 7 heteroatoms.